The van der Waals surface area contributed by atoms with E-state index in [1.54, 1.807) is 20.0 Å². The smallest absolute Gasteiger partial charge is 0.328 e. The van der Waals surface area contributed by atoms with E-state index in [0.717, 1.165) is 22.0 Å². The van der Waals surface area contributed by atoms with Crippen LogP contribution >= 0.6 is 0 Å². The van der Waals surface area contributed by atoms with Crippen LogP contribution in [0.1, 0.15) is 49.7 Å². The first kappa shape index (κ1) is 19.5. The lowest BCUT2D eigenvalue weighted by atomic mass is 9.55. The van der Waals surface area contributed by atoms with Crippen molar-refractivity contribution < 1.29 is 23.9 Å². The second-order valence-electron chi connectivity index (χ2n) is 8.80. The summed E-state index contributed by atoms with van der Waals surface area (Å²) in [6, 6.07) is 16.9. The van der Waals surface area contributed by atoms with Gasteiger partial charge in [0.1, 0.15) is 5.78 Å². The van der Waals surface area contributed by atoms with E-state index in [0.29, 0.717) is 0 Å². The minimum Gasteiger partial charge on any atom is -0.422 e. The Morgan fingerprint density at radius 3 is 2.16 bits per heavy atom. The maximum Gasteiger partial charge on any atom is 0.328 e. The quantitative estimate of drug-likeness (QED) is 0.498. The van der Waals surface area contributed by atoms with Crippen molar-refractivity contribution >= 4 is 28.6 Å². The highest BCUT2D eigenvalue weighted by Gasteiger charge is 2.67. The first-order valence-electron chi connectivity index (χ1n) is 10.4. The summed E-state index contributed by atoms with van der Waals surface area (Å²) < 4.78 is 11.3. The molecule has 1 N–H and O–H groups in total. The zero-order chi connectivity index (χ0) is 21.8. The van der Waals surface area contributed by atoms with Gasteiger partial charge in [-0.25, -0.2) is 0 Å². The summed E-state index contributed by atoms with van der Waals surface area (Å²) in [4.78, 5) is 43.5. The summed E-state index contributed by atoms with van der Waals surface area (Å²) in [5.74, 6) is -4.00. The Hall–Kier alpha value is -3.41. The van der Waals surface area contributed by atoms with Gasteiger partial charge in [0.2, 0.25) is 0 Å². The van der Waals surface area contributed by atoms with Crippen molar-refractivity contribution in [2.45, 2.75) is 44.3 Å². The van der Waals surface area contributed by atoms with E-state index < -0.39 is 35.0 Å². The number of carbonyl (C=O) groups excluding carboxylic acids is 3. The summed E-state index contributed by atoms with van der Waals surface area (Å²) in [6.45, 7) is 3.09. The third-order valence-corrected chi connectivity index (χ3v) is 6.51. The molecule has 31 heavy (non-hydrogen) atoms. The van der Waals surface area contributed by atoms with Crippen molar-refractivity contribution in [3.63, 3.8) is 0 Å². The molecule has 3 aromatic rings. The van der Waals surface area contributed by atoms with Crippen LogP contribution in [0.5, 0.6) is 0 Å². The highest BCUT2D eigenvalue weighted by atomic mass is 16.7. The number of carbonyl (C=O) groups is 3. The second kappa shape index (κ2) is 6.80. The molecule has 1 spiro atoms. The van der Waals surface area contributed by atoms with Crippen molar-refractivity contribution in [2.75, 3.05) is 0 Å². The van der Waals surface area contributed by atoms with E-state index in [2.05, 4.69) is 4.98 Å². The fourth-order valence-electron chi connectivity index (χ4n) is 5.20. The van der Waals surface area contributed by atoms with Gasteiger partial charge in [0.15, 0.2) is 5.41 Å². The SMILES string of the molecule is CC1(C)OC(=O)C2(C(=O)O1)[C@@H](c1c[nH]c3ccccc13)CC(=O)C[C@H]2c1ccccc1. The number of ether oxygens (including phenoxy) is 2. The topological polar surface area (TPSA) is 85.5 Å². The first-order valence-corrected chi connectivity index (χ1v) is 10.4. The molecule has 1 aromatic heterocycles. The molecule has 0 amide bonds. The summed E-state index contributed by atoms with van der Waals surface area (Å²) in [5.41, 5.74) is 0.724. The molecule has 2 heterocycles. The molecule has 6 heteroatoms. The van der Waals surface area contributed by atoms with Crippen molar-refractivity contribution in [1.29, 1.82) is 0 Å². The Balaban J connectivity index is 1.77. The van der Waals surface area contributed by atoms with Gasteiger partial charge in [0.05, 0.1) is 0 Å². The molecule has 2 fully saturated rings. The van der Waals surface area contributed by atoms with Crippen LogP contribution in [0.25, 0.3) is 10.9 Å². The zero-order valence-electron chi connectivity index (χ0n) is 17.4. The number of hydrogen-bond donors (Lipinski definition) is 1. The molecule has 1 saturated heterocycles. The van der Waals surface area contributed by atoms with Gasteiger partial charge < -0.3 is 14.5 Å². The molecule has 158 valence electrons. The van der Waals surface area contributed by atoms with Crippen LogP contribution in [0.4, 0.5) is 0 Å². The van der Waals surface area contributed by atoms with Crippen LogP contribution in [-0.2, 0) is 23.9 Å². The summed E-state index contributed by atoms with van der Waals surface area (Å²) in [5, 5.41) is 0.874. The number of Topliss-reactive ketones (excluding diaryl/α,β-unsaturated/α-hetero) is 1. The number of aromatic nitrogens is 1. The predicted molar refractivity (Wildman–Crippen MR) is 113 cm³/mol. The number of ketones is 1. The first-order chi connectivity index (χ1) is 14.8. The molecule has 6 nitrogen and oxygen atoms in total. The number of cyclic esters (lactones) is 2. The molecule has 2 aromatic carbocycles. The molecule has 0 bridgehead atoms. The number of H-pyrrole nitrogens is 1. The monoisotopic (exact) mass is 417 g/mol. The zero-order valence-corrected chi connectivity index (χ0v) is 17.4. The highest BCUT2D eigenvalue weighted by Crippen LogP contribution is 2.58. The summed E-state index contributed by atoms with van der Waals surface area (Å²) in [6.07, 6.45) is 1.93. The molecule has 0 unspecified atom stereocenters. The van der Waals surface area contributed by atoms with Crippen LogP contribution in [0.2, 0.25) is 0 Å². The van der Waals surface area contributed by atoms with Crippen LogP contribution in [-0.4, -0.2) is 28.5 Å². The molecule has 1 saturated carbocycles. The summed E-state index contributed by atoms with van der Waals surface area (Å²) in [7, 11) is 0. The number of esters is 2. The maximum atomic E-state index is 13.7. The lowest BCUT2D eigenvalue weighted by Gasteiger charge is -2.49. The van der Waals surface area contributed by atoms with E-state index in [1.165, 1.54) is 0 Å². The molecule has 0 radical (unpaired) electrons. The van der Waals surface area contributed by atoms with E-state index in [9.17, 15) is 14.4 Å². The number of aromatic amines is 1. The molecule has 2 aliphatic rings. The van der Waals surface area contributed by atoms with Crippen molar-refractivity contribution in [1.82, 2.24) is 4.98 Å². The number of benzene rings is 2. The number of nitrogens with one attached hydrogen (secondary N) is 1. The van der Waals surface area contributed by atoms with Gasteiger partial charge >= 0.3 is 11.9 Å². The lowest BCUT2D eigenvalue weighted by Crippen LogP contribution is -2.61. The molecule has 2 atom stereocenters. The van der Waals surface area contributed by atoms with Gasteiger partial charge in [-0.2, -0.15) is 0 Å². The largest absolute Gasteiger partial charge is 0.422 e. The molecular weight excluding hydrogens is 394 g/mol. The fourth-order valence-corrected chi connectivity index (χ4v) is 5.20. The van der Waals surface area contributed by atoms with Gasteiger partial charge in [-0.05, 0) is 17.2 Å². The van der Waals surface area contributed by atoms with E-state index >= 15 is 0 Å². The Kier molecular flexibility index (Phi) is 4.29. The van der Waals surface area contributed by atoms with Crippen LogP contribution < -0.4 is 0 Å². The van der Waals surface area contributed by atoms with Crippen molar-refractivity contribution in [2.24, 2.45) is 5.41 Å². The van der Waals surface area contributed by atoms with E-state index in [1.807, 2.05) is 54.6 Å². The summed E-state index contributed by atoms with van der Waals surface area (Å²) >= 11 is 0. The fraction of sp³-hybridized carbons (Fsp3) is 0.320. The third kappa shape index (κ3) is 2.89. The van der Waals surface area contributed by atoms with E-state index in [-0.39, 0.29) is 18.6 Å². The average molecular weight is 417 g/mol. The third-order valence-electron chi connectivity index (χ3n) is 6.51. The maximum absolute atomic E-state index is 13.7. The normalized spacial score (nSPS) is 24.8. The van der Waals surface area contributed by atoms with Gasteiger partial charge in [-0.1, -0.05) is 48.5 Å². The molecular formula is C25H23NO5. The number of rotatable bonds is 2. The number of fused-ring (bicyclic) bond motifs is 1. The molecule has 5 rings (SSSR count). The van der Waals surface area contributed by atoms with Crippen molar-refractivity contribution in [3.05, 3.63) is 71.9 Å². The molecule has 1 aliphatic carbocycles. The predicted octanol–water partition coefficient (Wildman–Crippen LogP) is 4.22. The van der Waals surface area contributed by atoms with Crippen LogP contribution in [0.3, 0.4) is 0 Å². The second-order valence-corrected chi connectivity index (χ2v) is 8.80. The van der Waals surface area contributed by atoms with Crippen LogP contribution in [0.15, 0.2) is 60.8 Å². The van der Waals surface area contributed by atoms with Gasteiger partial charge in [-0.15, -0.1) is 0 Å². The average Bonchev–Trinajstić information content (AvgIpc) is 3.16. The Morgan fingerprint density at radius 2 is 1.45 bits per heavy atom. The highest BCUT2D eigenvalue weighted by molar-refractivity contribution is 6.07. The Morgan fingerprint density at radius 1 is 0.839 bits per heavy atom. The van der Waals surface area contributed by atoms with E-state index in [4.69, 9.17) is 9.47 Å². The van der Waals surface area contributed by atoms with Gasteiger partial charge in [0.25, 0.3) is 5.79 Å². The molecule has 1 aliphatic heterocycles. The van der Waals surface area contributed by atoms with Crippen molar-refractivity contribution in [3.8, 4) is 0 Å². The Labute approximate surface area is 179 Å². The Bertz CT molecular complexity index is 1170. The minimum absolute atomic E-state index is 0.000179. The lowest BCUT2D eigenvalue weighted by molar-refractivity contribution is -0.256. The van der Waals surface area contributed by atoms with Gasteiger partial charge in [0, 0.05) is 55.6 Å². The van der Waals surface area contributed by atoms with Crippen LogP contribution in [0, 0.1) is 5.41 Å². The number of hydrogen-bond acceptors (Lipinski definition) is 5. The minimum atomic E-state index is -1.64. The number of para-hydroxylation sites is 1. The van der Waals surface area contributed by atoms with Gasteiger partial charge in [-0.3, -0.25) is 14.4 Å². The standard InChI is InChI=1S/C25H23NO5/c1-24(2)30-22(28)25(23(29)31-24)19(15-8-4-3-5-9-15)12-16(27)13-20(25)18-14-26-21-11-7-6-10-17(18)21/h3-11,14,19-20,26H,12-13H2,1-2H3/t19-,20+/m0/s1.